The number of aromatic nitrogens is 2. The van der Waals surface area contributed by atoms with E-state index in [0.717, 1.165) is 12.0 Å². The summed E-state index contributed by atoms with van der Waals surface area (Å²) in [5, 5.41) is 22.9. The van der Waals surface area contributed by atoms with Crippen molar-refractivity contribution in [2.75, 3.05) is 0 Å². The van der Waals surface area contributed by atoms with Crippen molar-refractivity contribution in [2.24, 2.45) is 0 Å². The molecule has 2 N–H and O–H groups in total. The first kappa shape index (κ1) is 15.8. The number of nitrogens with zero attached hydrogens (tertiary/aromatic N) is 3. The summed E-state index contributed by atoms with van der Waals surface area (Å²) in [5.41, 5.74) is 1.60. The van der Waals surface area contributed by atoms with Crippen LogP contribution < -0.4 is 0 Å². The van der Waals surface area contributed by atoms with Gasteiger partial charge in [-0.15, -0.1) is 0 Å². The highest BCUT2D eigenvalue weighted by atomic mass is 16.4. The molecule has 2 aromatic rings. The second-order valence-corrected chi connectivity index (χ2v) is 4.69. The van der Waals surface area contributed by atoms with Crippen LogP contribution in [-0.2, 0) is 5.54 Å². The Hall–Kier alpha value is -2.62. The Kier molecular flexibility index (Phi) is 5.31. The van der Waals surface area contributed by atoms with Crippen molar-refractivity contribution in [1.29, 1.82) is 5.26 Å². The van der Waals surface area contributed by atoms with E-state index in [-0.39, 0.29) is 13.2 Å². The third-order valence-electron chi connectivity index (χ3n) is 3.53. The quantitative estimate of drug-likeness (QED) is 0.822. The summed E-state index contributed by atoms with van der Waals surface area (Å²) in [6.45, 7) is 0. The third-order valence-corrected chi connectivity index (χ3v) is 3.53. The van der Waals surface area contributed by atoms with Crippen LogP contribution in [0.5, 0.6) is 0 Å². The van der Waals surface area contributed by atoms with E-state index in [9.17, 15) is 0 Å². The maximum absolute atomic E-state index is 8.90. The molecule has 0 spiro atoms. The predicted molar refractivity (Wildman–Crippen MR) is 83.5 cm³/mol. The van der Waals surface area contributed by atoms with Crippen LogP contribution >= 0.6 is 0 Å². The molecule has 0 aliphatic heterocycles. The topological polar surface area (TPSA) is 82.1 Å². The second-order valence-electron chi connectivity index (χ2n) is 4.69. The van der Waals surface area contributed by atoms with Gasteiger partial charge in [0.05, 0.1) is 23.5 Å². The first-order valence-corrected chi connectivity index (χ1v) is 6.70. The molecular formula is C16H15BN3O2. The number of hydrogen-bond donors (Lipinski definition) is 2. The molecule has 0 amide bonds. The molecule has 1 unspecified atom stereocenters. The lowest BCUT2D eigenvalue weighted by atomic mass is 9.83. The molecule has 3 rings (SSSR count). The summed E-state index contributed by atoms with van der Waals surface area (Å²) < 4.78 is 2.11. The first-order valence-electron chi connectivity index (χ1n) is 6.70. The molecule has 1 aliphatic rings. The normalized spacial score (nSPS) is 19.0. The minimum atomic E-state index is -0.237. The standard InChI is InChI=1S/C16H13N3.BH2O2/c17-12-14-4-6-15(7-5-14)16(8-2-1-3-9-16)19-11-10-18-13-19;2-1-3/h1-8,10-11,13H,9H2;2-3H. The summed E-state index contributed by atoms with van der Waals surface area (Å²) >= 11 is 0. The summed E-state index contributed by atoms with van der Waals surface area (Å²) in [5.74, 6) is 0. The molecule has 0 fully saturated rings. The first-order chi connectivity index (χ1) is 10.8. The zero-order valence-electron chi connectivity index (χ0n) is 11.9. The molecule has 0 bridgehead atoms. The van der Waals surface area contributed by atoms with Gasteiger partial charge in [-0.05, 0) is 24.1 Å². The average molecular weight is 292 g/mol. The Balaban J connectivity index is 0.000000545. The Labute approximate surface area is 129 Å². The van der Waals surface area contributed by atoms with E-state index < -0.39 is 0 Å². The molecular weight excluding hydrogens is 277 g/mol. The molecule has 5 nitrogen and oxygen atoms in total. The highest BCUT2D eigenvalue weighted by Crippen LogP contribution is 2.34. The van der Waals surface area contributed by atoms with Crippen molar-refractivity contribution in [1.82, 2.24) is 9.55 Å². The predicted octanol–water partition coefficient (Wildman–Crippen LogP) is 1.52. The SMILES string of the molecule is N#Cc1ccc(C2(n3ccnc3)C=CC=CC2)cc1.O[B]O. The zero-order chi connectivity index (χ0) is 15.8. The fourth-order valence-electron chi connectivity index (χ4n) is 2.49. The lowest BCUT2D eigenvalue weighted by Gasteiger charge is -2.33. The molecule has 1 radical (unpaired) electrons. The van der Waals surface area contributed by atoms with Gasteiger partial charge in [-0.1, -0.05) is 36.4 Å². The Bertz CT molecular complexity index is 687. The lowest BCUT2D eigenvalue weighted by Crippen LogP contribution is -2.32. The van der Waals surface area contributed by atoms with Crippen LogP contribution in [0.3, 0.4) is 0 Å². The molecule has 1 aromatic carbocycles. The van der Waals surface area contributed by atoms with Crippen molar-refractivity contribution in [3.63, 3.8) is 0 Å². The van der Waals surface area contributed by atoms with E-state index >= 15 is 0 Å². The lowest BCUT2D eigenvalue weighted by molar-refractivity contribution is 0.448. The van der Waals surface area contributed by atoms with Gasteiger partial charge in [-0.25, -0.2) is 4.98 Å². The minimum Gasteiger partial charge on any atom is -0.429 e. The minimum absolute atomic E-state index is 0. The maximum Gasteiger partial charge on any atom is 0.482 e. The van der Waals surface area contributed by atoms with Crippen LogP contribution in [-0.4, -0.2) is 27.3 Å². The third kappa shape index (κ3) is 3.17. The average Bonchev–Trinajstić information content (AvgIpc) is 3.11. The number of rotatable bonds is 2. The molecule has 1 aromatic heterocycles. The van der Waals surface area contributed by atoms with Gasteiger partial charge < -0.3 is 14.6 Å². The molecule has 1 heterocycles. The molecule has 1 atom stereocenters. The van der Waals surface area contributed by atoms with Crippen LogP contribution in [0.1, 0.15) is 17.5 Å². The number of hydrogen-bond acceptors (Lipinski definition) is 4. The van der Waals surface area contributed by atoms with E-state index in [1.54, 1.807) is 6.20 Å². The van der Waals surface area contributed by atoms with Crippen molar-refractivity contribution in [2.45, 2.75) is 12.0 Å². The van der Waals surface area contributed by atoms with Crippen LogP contribution in [0.15, 0.2) is 67.3 Å². The summed E-state index contributed by atoms with van der Waals surface area (Å²) in [6, 6.07) is 9.91. The molecule has 109 valence electrons. The van der Waals surface area contributed by atoms with Crippen LogP contribution in [0.2, 0.25) is 0 Å². The maximum atomic E-state index is 8.90. The van der Waals surface area contributed by atoms with E-state index in [2.05, 4.69) is 39.9 Å². The zero-order valence-corrected chi connectivity index (χ0v) is 11.9. The van der Waals surface area contributed by atoms with Gasteiger partial charge in [0.1, 0.15) is 0 Å². The number of imidazole rings is 1. The van der Waals surface area contributed by atoms with Gasteiger partial charge in [0, 0.05) is 12.4 Å². The summed E-state index contributed by atoms with van der Waals surface area (Å²) in [6.07, 6.45) is 14.9. The number of allylic oxidation sites excluding steroid dienone is 4. The van der Waals surface area contributed by atoms with Crippen molar-refractivity contribution >= 4 is 7.69 Å². The molecule has 0 saturated heterocycles. The van der Waals surface area contributed by atoms with E-state index in [4.69, 9.17) is 15.3 Å². The monoisotopic (exact) mass is 292 g/mol. The van der Waals surface area contributed by atoms with Gasteiger partial charge >= 0.3 is 7.69 Å². The molecule has 1 aliphatic carbocycles. The molecule has 22 heavy (non-hydrogen) atoms. The van der Waals surface area contributed by atoms with E-state index in [0.29, 0.717) is 5.56 Å². The highest BCUT2D eigenvalue weighted by Gasteiger charge is 2.30. The van der Waals surface area contributed by atoms with E-state index in [1.807, 2.05) is 36.8 Å². The van der Waals surface area contributed by atoms with Crippen LogP contribution in [0.25, 0.3) is 0 Å². The van der Waals surface area contributed by atoms with Crippen LogP contribution in [0, 0.1) is 11.3 Å². The largest absolute Gasteiger partial charge is 0.482 e. The van der Waals surface area contributed by atoms with Gasteiger partial charge in [0.25, 0.3) is 0 Å². The summed E-state index contributed by atoms with van der Waals surface area (Å²) in [7, 11) is 0. The van der Waals surface area contributed by atoms with Gasteiger partial charge in [-0.2, -0.15) is 5.26 Å². The number of nitriles is 1. The smallest absolute Gasteiger partial charge is 0.429 e. The molecule has 6 heteroatoms. The Morgan fingerprint density at radius 1 is 1.23 bits per heavy atom. The second kappa shape index (κ2) is 7.41. The van der Waals surface area contributed by atoms with Gasteiger partial charge in [0.15, 0.2) is 0 Å². The Morgan fingerprint density at radius 2 is 1.95 bits per heavy atom. The van der Waals surface area contributed by atoms with Crippen molar-refractivity contribution in [3.8, 4) is 6.07 Å². The van der Waals surface area contributed by atoms with Crippen molar-refractivity contribution < 1.29 is 10.0 Å². The van der Waals surface area contributed by atoms with Crippen LogP contribution in [0.4, 0.5) is 0 Å². The highest BCUT2D eigenvalue weighted by molar-refractivity contribution is 6.13. The van der Waals surface area contributed by atoms with Gasteiger partial charge in [0.2, 0.25) is 0 Å². The van der Waals surface area contributed by atoms with E-state index in [1.165, 1.54) is 0 Å². The summed E-state index contributed by atoms with van der Waals surface area (Å²) in [4.78, 5) is 4.15. The fourth-order valence-corrected chi connectivity index (χ4v) is 2.49. The van der Waals surface area contributed by atoms with Gasteiger partial charge in [-0.3, -0.25) is 0 Å². The Morgan fingerprint density at radius 3 is 2.45 bits per heavy atom. The van der Waals surface area contributed by atoms with Crippen molar-refractivity contribution in [3.05, 3.63) is 78.4 Å². The number of benzene rings is 1. The fraction of sp³-hybridized carbons (Fsp3) is 0.125. The molecule has 0 saturated carbocycles.